The highest BCUT2D eigenvalue weighted by Gasteiger charge is 2.25. The highest BCUT2D eigenvalue weighted by atomic mass is 32.2. The number of carbonyl (C=O) groups excluding carboxylic acids is 1. The van der Waals surface area contributed by atoms with Crippen LogP contribution in [0.4, 0.5) is 5.69 Å². The third-order valence-electron chi connectivity index (χ3n) is 3.99. The van der Waals surface area contributed by atoms with Gasteiger partial charge < -0.3 is 10.1 Å². The zero-order valence-corrected chi connectivity index (χ0v) is 13.8. The number of sulfonamides is 1. The highest BCUT2D eigenvalue weighted by molar-refractivity contribution is 7.89. The summed E-state index contributed by atoms with van der Waals surface area (Å²) in [5.74, 6) is 1.28. The molecule has 1 amide bonds. The maximum absolute atomic E-state index is 11.9. The zero-order chi connectivity index (χ0) is 17.2. The van der Waals surface area contributed by atoms with E-state index in [0.717, 1.165) is 24.9 Å². The van der Waals surface area contributed by atoms with Crippen molar-refractivity contribution in [2.24, 2.45) is 11.1 Å². The standard InChI is InChI=1S/C17H18N2O4S/c18-24(21,22)16-10-8-15(9-11-16)23-14-6-4-13(5-7-14)19-17(20)12-2-1-3-12/h4-12H,1-3H2,(H,19,20)(H2,18,21,22). The highest BCUT2D eigenvalue weighted by Crippen LogP contribution is 2.28. The third kappa shape index (κ3) is 3.93. The van der Waals surface area contributed by atoms with Crippen LogP contribution in [0.1, 0.15) is 19.3 Å². The quantitative estimate of drug-likeness (QED) is 0.869. The van der Waals surface area contributed by atoms with E-state index < -0.39 is 10.0 Å². The van der Waals surface area contributed by atoms with Crippen LogP contribution in [-0.4, -0.2) is 14.3 Å². The first kappa shape index (κ1) is 16.5. The fourth-order valence-electron chi connectivity index (χ4n) is 2.35. The van der Waals surface area contributed by atoms with Crippen molar-refractivity contribution >= 4 is 21.6 Å². The molecule has 3 N–H and O–H groups in total. The number of primary sulfonamides is 1. The number of ether oxygens (including phenoxy) is 1. The van der Waals surface area contributed by atoms with Gasteiger partial charge >= 0.3 is 0 Å². The maximum atomic E-state index is 11.9. The summed E-state index contributed by atoms with van der Waals surface area (Å²) >= 11 is 0. The number of hydrogen-bond acceptors (Lipinski definition) is 4. The molecule has 1 aliphatic rings. The summed E-state index contributed by atoms with van der Waals surface area (Å²) in [6, 6.07) is 12.9. The number of rotatable bonds is 5. The fourth-order valence-corrected chi connectivity index (χ4v) is 2.87. The molecule has 0 radical (unpaired) electrons. The Balaban J connectivity index is 1.62. The molecule has 1 fully saturated rings. The van der Waals surface area contributed by atoms with Crippen LogP contribution < -0.4 is 15.2 Å². The summed E-state index contributed by atoms with van der Waals surface area (Å²) in [5.41, 5.74) is 0.726. The van der Waals surface area contributed by atoms with Gasteiger partial charge in [0.15, 0.2) is 0 Å². The Morgan fingerprint density at radius 3 is 2.00 bits per heavy atom. The van der Waals surface area contributed by atoms with Crippen LogP contribution >= 0.6 is 0 Å². The Labute approximate surface area is 140 Å². The summed E-state index contributed by atoms with van der Waals surface area (Å²) in [6.07, 6.45) is 3.04. The Morgan fingerprint density at radius 1 is 1.00 bits per heavy atom. The predicted molar refractivity (Wildman–Crippen MR) is 90.3 cm³/mol. The van der Waals surface area contributed by atoms with Gasteiger partial charge in [-0.2, -0.15) is 0 Å². The number of amides is 1. The van der Waals surface area contributed by atoms with Gasteiger partial charge in [-0.3, -0.25) is 4.79 Å². The number of nitrogens with one attached hydrogen (secondary N) is 1. The van der Waals surface area contributed by atoms with Crippen LogP contribution in [0, 0.1) is 5.92 Å². The minimum absolute atomic E-state index is 0.0314. The van der Waals surface area contributed by atoms with Crippen molar-refractivity contribution in [1.82, 2.24) is 0 Å². The molecule has 0 heterocycles. The monoisotopic (exact) mass is 346 g/mol. The summed E-state index contributed by atoms with van der Waals surface area (Å²) < 4.78 is 28.0. The van der Waals surface area contributed by atoms with Crippen molar-refractivity contribution in [3.63, 3.8) is 0 Å². The van der Waals surface area contributed by atoms with Crippen LogP contribution in [0.3, 0.4) is 0 Å². The number of benzene rings is 2. The summed E-state index contributed by atoms with van der Waals surface area (Å²) in [7, 11) is -3.71. The molecule has 0 atom stereocenters. The van der Waals surface area contributed by atoms with E-state index in [2.05, 4.69) is 5.32 Å². The molecule has 6 nitrogen and oxygen atoms in total. The van der Waals surface area contributed by atoms with Crippen LogP contribution in [0.25, 0.3) is 0 Å². The van der Waals surface area contributed by atoms with Gasteiger partial charge in [-0.25, -0.2) is 13.6 Å². The maximum Gasteiger partial charge on any atom is 0.238 e. The van der Waals surface area contributed by atoms with Gasteiger partial charge in [-0.15, -0.1) is 0 Å². The first-order valence-corrected chi connectivity index (χ1v) is 9.18. The van der Waals surface area contributed by atoms with Crippen molar-refractivity contribution < 1.29 is 17.9 Å². The van der Waals surface area contributed by atoms with E-state index in [4.69, 9.17) is 9.88 Å². The molecule has 2 aromatic carbocycles. The van der Waals surface area contributed by atoms with E-state index in [1.54, 1.807) is 24.3 Å². The predicted octanol–water partition coefficient (Wildman–Crippen LogP) is 2.86. The molecule has 24 heavy (non-hydrogen) atoms. The molecule has 126 valence electrons. The van der Waals surface area contributed by atoms with Crippen LogP contribution in [0.2, 0.25) is 0 Å². The van der Waals surface area contributed by atoms with Gasteiger partial charge in [-0.05, 0) is 61.4 Å². The van der Waals surface area contributed by atoms with Crippen molar-refractivity contribution in [3.05, 3.63) is 48.5 Å². The van der Waals surface area contributed by atoms with E-state index in [0.29, 0.717) is 11.5 Å². The lowest BCUT2D eigenvalue weighted by molar-refractivity contribution is -0.122. The van der Waals surface area contributed by atoms with Gasteiger partial charge in [0.05, 0.1) is 4.90 Å². The molecule has 1 aliphatic carbocycles. The van der Waals surface area contributed by atoms with Gasteiger partial charge in [0, 0.05) is 11.6 Å². The molecule has 7 heteroatoms. The second-order valence-corrected chi connectivity index (χ2v) is 7.32. The lowest BCUT2D eigenvalue weighted by Gasteiger charge is -2.24. The molecule has 0 saturated heterocycles. The largest absolute Gasteiger partial charge is 0.457 e. The van der Waals surface area contributed by atoms with E-state index in [1.807, 2.05) is 0 Å². The Morgan fingerprint density at radius 2 is 1.54 bits per heavy atom. The number of nitrogens with two attached hydrogens (primary N) is 1. The van der Waals surface area contributed by atoms with Gasteiger partial charge in [0.2, 0.25) is 15.9 Å². The Hall–Kier alpha value is -2.38. The van der Waals surface area contributed by atoms with Crippen LogP contribution in [0.15, 0.2) is 53.4 Å². The van der Waals surface area contributed by atoms with E-state index in [1.165, 1.54) is 24.3 Å². The first-order valence-electron chi connectivity index (χ1n) is 7.63. The molecule has 1 saturated carbocycles. The minimum atomic E-state index is -3.71. The van der Waals surface area contributed by atoms with Crippen LogP contribution in [-0.2, 0) is 14.8 Å². The van der Waals surface area contributed by atoms with E-state index in [9.17, 15) is 13.2 Å². The molecular weight excluding hydrogens is 328 g/mol. The molecule has 3 rings (SSSR count). The van der Waals surface area contributed by atoms with E-state index in [-0.39, 0.29) is 16.7 Å². The average Bonchev–Trinajstić information content (AvgIpc) is 2.47. The lowest BCUT2D eigenvalue weighted by Crippen LogP contribution is -2.27. The van der Waals surface area contributed by atoms with Gasteiger partial charge in [0.25, 0.3) is 0 Å². The fraction of sp³-hybridized carbons (Fsp3) is 0.235. The third-order valence-corrected chi connectivity index (χ3v) is 4.92. The van der Waals surface area contributed by atoms with Crippen molar-refractivity contribution in [3.8, 4) is 11.5 Å². The topological polar surface area (TPSA) is 98.5 Å². The second kappa shape index (κ2) is 6.62. The first-order chi connectivity index (χ1) is 11.4. The Bertz CT molecular complexity index is 826. The Kier molecular flexibility index (Phi) is 4.55. The molecule has 0 bridgehead atoms. The second-order valence-electron chi connectivity index (χ2n) is 5.76. The summed E-state index contributed by atoms with van der Waals surface area (Å²) in [6.45, 7) is 0. The summed E-state index contributed by atoms with van der Waals surface area (Å²) in [5, 5.41) is 7.93. The van der Waals surface area contributed by atoms with Gasteiger partial charge in [-0.1, -0.05) is 6.42 Å². The summed E-state index contributed by atoms with van der Waals surface area (Å²) in [4.78, 5) is 11.9. The zero-order valence-electron chi connectivity index (χ0n) is 12.9. The smallest absolute Gasteiger partial charge is 0.238 e. The SMILES string of the molecule is NS(=O)(=O)c1ccc(Oc2ccc(NC(=O)C3CCC3)cc2)cc1. The van der Waals surface area contributed by atoms with Crippen molar-refractivity contribution in [2.45, 2.75) is 24.2 Å². The molecule has 2 aromatic rings. The average molecular weight is 346 g/mol. The number of anilines is 1. The normalized spacial score (nSPS) is 14.7. The molecule has 0 spiro atoms. The molecule has 0 aromatic heterocycles. The van der Waals surface area contributed by atoms with Crippen LogP contribution in [0.5, 0.6) is 11.5 Å². The van der Waals surface area contributed by atoms with Crippen molar-refractivity contribution in [2.75, 3.05) is 5.32 Å². The van der Waals surface area contributed by atoms with Gasteiger partial charge in [0.1, 0.15) is 11.5 Å². The molecular formula is C17H18N2O4S. The lowest BCUT2D eigenvalue weighted by atomic mass is 9.85. The molecule has 0 unspecified atom stereocenters. The number of hydrogen-bond donors (Lipinski definition) is 2. The van der Waals surface area contributed by atoms with E-state index >= 15 is 0 Å². The number of carbonyl (C=O) groups is 1. The molecule has 0 aliphatic heterocycles. The minimum Gasteiger partial charge on any atom is -0.457 e. The van der Waals surface area contributed by atoms with Crippen molar-refractivity contribution in [1.29, 1.82) is 0 Å².